The van der Waals surface area contributed by atoms with Gasteiger partial charge in [-0.25, -0.2) is 0 Å². The summed E-state index contributed by atoms with van der Waals surface area (Å²) in [5, 5.41) is 5.56. The Morgan fingerprint density at radius 3 is 2.29 bits per heavy atom. The zero-order chi connectivity index (χ0) is 15.2. The fourth-order valence-electron chi connectivity index (χ4n) is 1.71. The standard InChI is InChI=1S/C16H15BrN2O2/c1-2-15(20)18-12-9-7-11(8-10-12)16(21)19-14-6-4-3-5-13(14)17/h3-10H,2H2,1H3,(H,18,20)(H,19,21). The normalized spacial score (nSPS) is 10.0. The zero-order valence-corrected chi connectivity index (χ0v) is 13.1. The predicted molar refractivity (Wildman–Crippen MR) is 87.5 cm³/mol. The van der Waals surface area contributed by atoms with Gasteiger partial charge in [0.05, 0.1) is 5.69 Å². The molecule has 0 aliphatic carbocycles. The van der Waals surface area contributed by atoms with Crippen molar-refractivity contribution in [3.63, 3.8) is 0 Å². The Labute approximate surface area is 131 Å². The Morgan fingerprint density at radius 2 is 1.67 bits per heavy atom. The first kappa shape index (κ1) is 15.3. The summed E-state index contributed by atoms with van der Waals surface area (Å²) in [6.07, 6.45) is 0.421. The van der Waals surface area contributed by atoms with Crippen LogP contribution < -0.4 is 10.6 Å². The molecule has 0 saturated heterocycles. The maximum atomic E-state index is 12.1. The van der Waals surface area contributed by atoms with Gasteiger partial charge in [-0.3, -0.25) is 9.59 Å². The van der Waals surface area contributed by atoms with Crippen LogP contribution in [0.2, 0.25) is 0 Å². The number of carbonyl (C=O) groups is 2. The minimum atomic E-state index is -0.199. The van der Waals surface area contributed by atoms with Gasteiger partial charge in [-0.2, -0.15) is 0 Å². The van der Waals surface area contributed by atoms with Gasteiger partial charge in [-0.1, -0.05) is 19.1 Å². The Kier molecular flexibility index (Phi) is 5.11. The van der Waals surface area contributed by atoms with Crippen LogP contribution in [0.25, 0.3) is 0 Å². The summed E-state index contributed by atoms with van der Waals surface area (Å²) in [7, 11) is 0. The molecule has 0 saturated carbocycles. The average Bonchev–Trinajstić information content (AvgIpc) is 2.50. The van der Waals surface area contributed by atoms with E-state index < -0.39 is 0 Å². The number of benzene rings is 2. The second-order valence-corrected chi connectivity index (χ2v) is 5.27. The lowest BCUT2D eigenvalue weighted by atomic mass is 10.2. The fourth-order valence-corrected chi connectivity index (χ4v) is 2.10. The molecule has 2 amide bonds. The minimum absolute atomic E-state index is 0.0552. The van der Waals surface area contributed by atoms with E-state index in [1.54, 1.807) is 31.2 Å². The Hall–Kier alpha value is -2.14. The van der Waals surface area contributed by atoms with E-state index in [1.165, 1.54) is 0 Å². The minimum Gasteiger partial charge on any atom is -0.326 e. The molecule has 0 heterocycles. The predicted octanol–water partition coefficient (Wildman–Crippen LogP) is 4.05. The molecule has 108 valence electrons. The van der Waals surface area contributed by atoms with Crippen molar-refractivity contribution in [1.29, 1.82) is 0 Å². The maximum absolute atomic E-state index is 12.1. The van der Waals surface area contributed by atoms with Crippen LogP contribution in [0.3, 0.4) is 0 Å². The third-order valence-electron chi connectivity index (χ3n) is 2.87. The van der Waals surface area contributed by atoms with E-state index in [2.05, 4.69) is 26.6 Å². The van der Waals surface area contributed by atoms with E-state index in [9.17, 15) is 9.59 Å². The van der Waals surface area contributed by atoms with Crippen LogP contribution in [0, 0.1) is 0 Å². The van der Waals surface area contributed by atoms with Crippen LogP contribution in [0.15, 0.2) is 53.0 Å². The number of para-hydroxylation sites is 1. The number of rotatable bonds is 4. The Balaban J connectivity index is 2.06. The van der Waals surface area contributed by atoms with Gasteiger partial charge in [0.2, 0.25) is 5.91 Å². The summed E-state index contributed by atoms with van der Waals surface area (Å²) < 4.78 is 0.824. The molecule has 21 heavy (non-hydrogen) atoms. The van der Waals surface area contributed by atoms with Gasteiger partial charge in [0.15, 0.2) is 0 Å². The van der Waals surface area contributed by atoms with Crippen LogP contribution in [0.1, 0.15) is 23.7 Å². The quantitative estimate of drug-likeness (QED) is 0.877. The smallest absolute Gasteiger partial charge is 0.255 e. The molecule has 0 bridgehead atoms. The van der Waals surface area contributed by atoms with Gasteiger partial charge >= 0.3 is 0 Å². The second kappa shape index (κ2) is 7.04. The Morgan fingerprint density at radius 1 is 1.00 bits per heavy atom. The van der Waals surface area contributed by atoms with Crippen LogP contribution in [-0.4, -0.2) is 11.8 Å². The molecule has 0 aliphatic rings. The number of hydrogen-bond acceptors (Lipinski definition) is 2. The SMILES string of the molecule is CCC(=O)Nc1ccc(C(=O)Nc2ccccc2Br)cc1. The molecule has 4 nitrogen and oxygen atoms in total. The summed E-state index contributed by atoms with van der Waals surface area (Å²) in [5.41, 5.74) is 1.92. The highest BCUT2D eigenvalue weighted by atomic mass is 79.9. The number of anilines is 2. The van der Waals surface area contributed by atoms with Crippen LogP contribution in [-0.2, 0) is 4.79 Å². The van der Waals surface area contributed by atoms with E-state index >= 15 is 0 Å². The third kappa shape index (κ3) is 4.16. The van der Waals surface area contributed by atoms with Crippen molar-refractivity contribution in [3.8, 4) is 0 Å². The van der Waals surface area contributed by atoms with Crippen molar-refractivity contribution in [3.05, 3.63) is 58.6 Å². The summed E-state index contributed by atoms with van der Waals surface area (Å²) in [6, 6.07) is 14.2. The lowest BCUT2D eigenvalue weighted by Gasteiger charge is -2.08. The molecule has 2 N–H and O–H groups in total. The molecule has 0 aromatic heterocycles. The fraction of sp³-hybridized carbons (Fsp3) is 0.125. The number of carbonyl (C=O) groups excluding carboxylic acids is 2. The maximum Gasteiger partial charge on any atom is 0.255 e. The summed E-state index contributed by atoms with van der Waals surface area (Å²) in [5.74, 6) is -0.254. The topological polar surface area (TPSA) is 58.2 Å². The largest absolute Gasteiger partial charge is 0.326 e. The highest BCUT2D eigenvalue weighted by molar-refractivity contribution is 9.10. The highest BCUT2D eigenvalue weighted by Gasteiger charge is 2.08. The number of nitrogens with one attached hydrogen (secondary N) is 2. The lowest BCUT2D eigenvalue weighted by Crippen LogP contribution is -2.13. The molecule has 0 atom stereocenters. The monoisotopic (exact) mass is 346 g/mol. The summed E-state index contributed by atoms with van der Waals surface area (Å²) in [6.45, 7) is 1.79. The third-order valence-corrected chi connectivity index (χ3v) is 3.57. The van der Waals surface area contributed by atoms with Crippen molar-refractivity contribution in [2.75, 3.05) is 10.6 Å². The van der Waals surface area contributed by atoms with E-state index in [1.807, 2.05) is 24.3 Å². The number of halogens is 1. The summed E-state index contributed by atoms with van der Waals surface area (Å²) in [4.78, 5) is 23.4. The van der Waals surface area contributed by atoms with Gasteiger partial charge in [-0.05, 0) is 52.3 Å². The molecule has 2 rings (SSSR count). The Bertz CT molecular complexity index is 654. The molecular weight excluding hydrogens is 332 g/mol. The first-order chi connectivity index (χ1) is 10.1. The van der Waals surface area contributed by atoms with Gasteiger partial charge in [0.1, 0.15) is 0 Å². The molecule has 2 aromatic carbocycles. The molecule has 5 heteroatoms. The summed E-state index contributed by atoms with van der Waals surface area (Å²) >= 11 is 3.38. The van der Waals surface area contributed by atoms with Gasteiger partial charge in [0.25, 0.3) is 5.91 Å². The van der Waals surface area contributed by atoms with Gasteiger partial charge in [-0.15, -0.1) is 0 Å². The van der Waals surface area contributed by atoms with Crippen LogP contribution in [0.4, 0.5) is 11.4 Å². The van der Waals surface area contributed by atoms with E-state index in [0.29, 0.717) is 23.4 Å². The molecule has 2 aromatic rings. The second-order valence-electron chi connectivity index (χ2n) is 4.41. The van der Waals surface area contributed by atoms with Gasteiger partial charge in [0, 0.05) is 22.1 Å². The molecular formula is C16H15BrN2O2. The van der Waals surface area contributed by atoms with Crippen LogP contribution >= 0.6 is 15.9 Å². The molecule has 0 spiro atoms. The van der Waals surface area contributed by atoms with E-state index in [-0.39, 0.29) is 11.8 Å². The van der Waals surface area contributed by atoms with Crippen molar-refractivity contribution in [1.82, 2.24) is 0 Å². The van der Waals surface area contributed by atoms with Crippen molar-refractivity contribution in [2.24, 2.45) is 0 Å². The number of amides is 2. The first-order valence-corrected chi connectivity index (χ1v) is 7.35. The highest BCUT2D eigenvalue weighted by Crippen LogP contribution is 2.22. The molecule has 0 unspecified atom stereocenters. The number of hydrogen-bond donors (Lipinski definition) is 2. The lowest BCUT2D eigenvalue weighted by molar-refractivity contribution is -0.115. The molecule has 0 radical (unpaired) electrons. The van der Waals surface area contributed by atoms with Gasteiger partial charge < -0.3 is 10.6 Å². The average molecular weight is 347 g/mol. The van der Waals surface area contributed by atoms with E-state index in [4.69, 9.17) is 0 Å². The van der Waals surface area contributed by atoms with Crippen LogP contribution in [0.5, 0.6) is 0 Å². The van der Waals surface area contributed by atoms with E-state index in [0.717, 1.165) is 4.47 Å². The van der Waals surface area contributed by atoms with Crippen molar-refractivity contribution < 1.29 is 9.59 Å². The first-order valence-electron chi connectivity index (χ1n) is 6.56. The van der Waals surface area contributed by atoms with Crippen molar-refractivity contribution >= 4 is 39.1 Å². The molecule has 0 fully saturated rings. The molecule has 0 aliphatic heterocycles. The zero-order valence-electron chi connectivity index (χ0n) is 11.5. The van der Waals surface area contributed by atoms with Crippen molar-refractivity contribution in [2.45, 2.75) is 13.3 Å².